The molecule has 0 bridgehead atoms. The molecule has 0 aromatic heterocycles. The first-order chi connectivity index (χ1) is 7.52. The van der Waals surface area contributed by atoms with E-state index in [1.807, 2.05) is 6.07 Å². The molecule has 0 unspecified atom stereocenters. The molecule has 0 amide bonds. The standard InChI is InChI=1S/C12H16N2O2/c1-12(2,8-13)14-10-7-9(15-3)5-6-11(10)16-4/h5-7,14H,1-4H3. The van der Waals surface area contributed by atoms with E-state index in [0.717, 1.165) is 11.4 Å². The molecule has 1 aromatic rings. The first-order valence-electron chi connectivity index (χ1n) is 4.94. The normalized spacial score (nSPS) is 10.4. The minimum absolute atomic E-state index is 0.653. The van der Waals surface area contributed by atoms with E-state index in [-0.39, 0.29) is 0 Å². The van der Waals surface area contributed by atoms with Crippen molar-refractivity contribution in [3.63, 3.8) is 0 Å². The highest BCUT2D eigenvalue weighted by molar-refractivity contribution is 5.61. The van der Waals surface area contributed by atoms with Crippen LogP contribution in [0.4, 0.5) is 5.69 Å². The van der Waals surface area contributed by atoms with Crippen molar-refractivity contribution in [2.75, 3.05) is 19.5 Å². The van der Waals surface area contributed by atoms with Gasteiger partial charge in [-0.05, 0) is 26.0 Å². The van der Waals surface area contributed by atoms with Gasteiger partial charge in [-0.3, -0.25) is 0 Å². The lowest BCUT2D eigenvalue weighted by molar-refractivity contribution is 0.404. The Morgan fingerprint density at radius 3 is 2.44 bits per heavy atom. The average molecular weight is 220 g/mol. The number of nitrogens with zero attached hydrogens (tertiary/aromatic N) is 1. The Kier molecular flexibility index (Phi) is 3.62. The van der Waals surface area contributed by atoms with Crippen LogP contribution in [0.3, 0.4) is 0 Å². The Balaban J connectivity index is 3.06. The Labute approximate surface area is 95.8 Å². The van der Waals surface area contributed by atoms with E-state index in [1.54, 1.807) is 40.2 Å². The molecule has 1 aromatic carbocycles. The van der Waals surface area contributed by atoms with Gasteiger partial charge in [0.1, 0.15) is 17.0 Å². The summed E-state index contributed by atoms with van der Waals surface area (Å²) in [4.78, 5) is 0. The van der Waals surface area contributed by atoms with Gasteiger partial charge in [0, 0.05) is 6.07 Å². The first-order valence-corrected chi connectivity index (χ1v) is 4.94. The molecule has 4 nitrogen and oxygen atoms in total. The van der Waals surface area contributed by atoms with Crippen LogP contribution in [0.15, 0.2) is 18.2 Å². The van der Waals surface area contributed by atoms with Crippen LogP contribution < -0.4 is 14.8 Å². The van der Waals surface area contributed by atoms with Crippen molar-refractivity contribution in [3.05, 3.63) is 18.2 Å². The van der Waals surface area contributed by atoms with Crippen LogP contribution in [0.25, 0.3) is 0 Å². The Morgan fingerprint density at radius 1 is 1.25 bits per heavy atom. The number of ether oxygens (including phenoxy) is 2. The van der Waals surface area contributed by atoms with Crippen LogP contribution in [0.2, 0.25) is 0 Å². The molecule has 0 fully saturated rings. The summed E-state index contributed by atoms with van der Waals surface area (Å²) >= 11 is 0. The molecule has 0 aliphatic rings. The number of benzene rings is 1. The van der Waals surface area contributed by atoms with Crippen molar-refractivity contribution in [2.24, 2.45) is 0 Å². The topological polar surface area (TPSA) is 54.3 Å². The zero-order valence-corrected chi connectivity index (χ0v) is 10.00. The molecule has 4 heteroatoms. The summed E-state index contributed by atoms with van der Waals surface area (Å²) in [5.74, 6) is 1.40. The fourth-order valence-corrected chi connectivity index (χ4v) is 1.28. The zero-order valence-electron chi connectivity index (χ0n) is 10.00. The molecule has 0 saturated heterocycles. The van der Waals surface area contributed by atoms with Crippen molar-refractivity contribution in [3.8, 4) is 17.6 Å². The summed E-state index contributed by atoms with van der Waals surface area (Å²) < 4.78 is 10.3. The molecule has 0 atom stereocenters. The van der Waals surface area contributed by atoms with Gasteiger partial charge in [0.15, 0.2) is 0 Å². The van der Waals surface area contributed by atoms with Crippen molar-refractivity contribution in [1.82, 2.24) is 0 Å². The highest BCUT2D eigenvalue weighted by Gasteiger charge is 2.18. The number of methoxy groups -OCH3 is 2. The molecule has 1 N–H and O–H groups in total. The molecule has 0 aliphatic heterocycles. The smallest absolute Gasteiger partial charge is 0.142 e. The molecule has 1 rings (SSSR count). The minimum Gasteiger partial charge on any atom is -0.497 e. The van der Waals surface area contributed by atoms with E-state index in [1.165, 1.54) is 0 Å². The fourth-order valence-electron chi connectivity index (χ4n) is 1.28. The lowest BCUT2D eigenvalue weighted by atomic mass is 10.1. The number of nitriles is 1. The number of anilines is 1. The molecular weight excluding hydrogens is 204 g/mol. The summed E-state index contributed by atoms with van der Waals surface area (Å²) in [7, 11) is 3.19. The van der Waals surface area contributed by atoms with Crippen LogP contribution >= 0.6 is 0 Å². The molecule has 0 spiro atoms. The van der Waals surface area contributed by atoms with E-state index in [2.05, 4.69) is 11.4 Å². The van der Waals surface area contributed by atoms with Gasteiger partial charge in [0.2, 0.25) is 0 Å². The Bertz CT molecular complexity index is 408. The van der Waals surface area contributed by atoms with Crippen molar-refractivity contribution in [2.45, 2.75) is 19.4 Å². The van der Waals surface area contributed by atoms with Gasteiger partial charge in [-0.25, -0.2) is 0 Å². The molecule has 0 aliphatic carbocycles. The molecule has 86 valence electrons. The van der Waals surface area contributed by atoms with Gasteiger partial charge in [-0.15, -0.1) is 0 Å². The maximum atomic E-state index is 8.96. The van der Waals surface area contributed by atoms with Crippen LogP contribution in [0, 0.1) is 11.3 Å². The number of hydrogen-bond acceptors (Lipinski definition) is 4. The van der Waals surface area contributed by atoms with E-state index in [9.17, 15) is 0 Å². The van der Waals surface area contributed by atoms with Crippen LogP contribution in [0.5, 0.6) is 11.5 Å². The first kappa shape index (κ1) is 12.2. The van der Waals surface area contributed by atoms with Gasteiger partial charge in [0.05, 0.1) is 26.0 Å². The van der Waals surface area contributed by atoms with E-state index in [4.69, 9.17) is 14.7 Å². The minimum atomic E-state index is -0.653. The second-order valence-corrected chi connectivity index (χ2v) is 3.93. The van der Waals surface area contributed by atoms with Crippen LogP contribution in [0.1, 0.15) is 13.8 Å². The van der Waals surface area contributed by atoms with Crippen LogP contribution in [-0.4, -0.2) is 19.8 Å². The summed E-state index contributed by atoms with van der Waals surface area (Å²) in [6.07, 6.45) is 0. The number of rotatable bonds is 4. The predicted molar refractivity (Wildman–Crippen MR) is 62.9 cm³/mol. The van der Waals surface area contributed by atoms with Crippen molar-refractivity contribution >= 4 is 5.69 Å². The Hall–Kier alpha value is -1.89. The quantitative estimate of drug-likeness (QED) is 0.846. The third-order valence-corrected chi connectivity index (χ3v) is 2.13. The summed E-state index contributed by atoms with van der Waals surface area (Å²) in [6.45, 7) is 3.60. The maximum Gasteiger partial charge on any atom is 0.142 e. The Morgan fingerprint density at radius 2 is 1.94 bits per heavy atom. The lowest BCUT2D eigenvalue weighted by Gasteiger charge is -2.21. The second kappa shape index (κ2) is 4.75. The number of hydrogen-bond donors (Lipinski definition) is 1. The molecule has 0 radical (unpaired) electrons. The monoisotopic (exact) mass is 220 g/mol. The van der Waals surface area contributed by atoms with E-state index >= 15 is 0 Å². The summed E-state index contributed by atoms with van der Waals surface area (Å²) in [5, 5.41) is 12.1. The highest BCUT2D eigenvalue weighted by Crippen LogP contribution is 2.30. The molecule has 16 heavy (non-hydrogen) atoms. The van der Waals surface area contributed by atoms with Gasteiger partial charge in [-0.2, -0.15) is 5.26 Å². The lowest BCUT2D eigenvalue weighted by Crippen LogP contribution is -2.28. The third-order valence-electron chi connectivity index (χ3n) is 2.13. The van der Waals surface area contributed by atoms with Gasteiger partial charge in [-0.1, -0.05) is 0 Å². The highest BCUT2D eigenvalue weighted by atomic mass is 16.5. The molecule has 0 heterocycles. The zero-order chi connectivity index (χ0) is 12.2. The van der Waals surface area contributed by atoms with Gasteiger partial charge in [0.25, 0.3) is 0 Å². The predicted octanol–water partition coefficient (Wildman–Crippen LogP) is 2.42. The summed E-state index contributed by atoms with van der Waals surface area (Å²) in [5.41, 5.74) is 0.0908. The summed E-state index contributed by atoms with van der Waals surface area (Å²) in [6, 6.07) is 7.58. The molecular formula is C12H16N2O2. The fraction of sp³-hybridized carbons (Fsp3) is 0.417. The van der Waals surface area contributed by atoms with E-state index < -0.39 is 5.54 Å². The molecule has 0 saturated carbocycles. The van der Waals surface area contributed by atoms with E-state index in [0.29, 0.717) is 5.75 Å². The van der Waals surface area contributed by atoms with Crippen molar-refractivity contribution < 1.29 is 9.47 Å². The second-order valence-electron chi connectivity index (χ2n) is 3.93. The number of nitrogens with one attached hydrogen (secondary N) is 1. The van der Waals surface area contributed by atoms with Crippen LogP contribution in [-0.2, 0) is 0 Å². The third kappa shape index (κ3) is 2.80. The average Bonchev–Trinajstić information content (AvgIpc) is 2.28. The van der Waals surface area contributed by atoms with Gasteiger partial charge < -0.3 is 14.8 Å². The largest absolute Gasteiger partial charge is 0.497 e. The van der Waals surface area contributed by atoms with Crippen molar-refractivity contribution in [1.29, 1.82) is 5.26 Å². The van der Waals surface area contributed by atoms with Gasteiger partial charge >= 0.3 is 0 Å². The maximum absolute atomic E-state index is 8.96. The SMILES string of the molecule is COc1ccc(OC)c(NC(C)(C)C#N)c1.